The van der Waals surface area contributed by atoms with Gasteiger partial charge in [0.1, 0.15) is 5.78 Å². The summed E-state index contributed by atoms with van der Waals surface area (Å²) in [6.45, 7) is 1.41. The second-order valence-corrected chi connectivity index (χ2v) is 3.98. The van der Waals surface area contributed by atoms with Crippen molar-refractivity contribution in [2.75, 3.05) is 7.05 Å². The summed E-state index contributed by atoms with van der Waals surface area (Å²) in [5, 5.41) is 5.79. The van der Waals surface area contributed by atoms with E-state index < -0.39 is 0 Å². The highest BCUT2D eigenvalue weighted by Gasteiger charge is 2.11. The fraction of sp³-hybridized carbons (Fsp3) is 0.385. The van der Waals surface area contributed by atoms with Crippen LogP contribution in [0.4, 0.5) is 0 Å². The van der Waals surface area contributed by atoms with Gasteiger partial charge in [0.2, 0.25) is 5.91 Å². The van der Waals surface area contributed by atoms with Crippen LogP contribution in [0.3, 0.4) is 0 Å². The van der Waals surface area contributed by atoms with Gasteiger partial charge in [0.25, 0.3) is 0 Å². The number of amides is 1. The van der Waals surface area contributed by atoms with E-state index in [4.69, 9.17) is 0 Å². The van der Waals surface area contributed by atoms with Crippen molar-refractivity contribution in [1.82, 2.24) is 10.6 Å². The Bertz CT molecular complexity index is 376. The molecule has 1 atom stereocenters. The summed E-state index contributed by atoms with van der Waals surface area (Å²) < 4.78 is 0. The average molecular weight is 234 g/mol. The maximum absolute atomic E-state index is 11.4. The first-order valence-electron chi connectivity index (χ1n) is 5.62. The number of benzene rings is 1. The van der Waals surface area contributed by atoms with Crippen LogP contribution in [0.15, 0.2) is 30.3 Å². The number of rotatable bonds is 6. The molecule has 0 aliphatic rings. The number of ketones is 1. The van der Waals surface area contributed by atoms with Crippen molar-refractivity contribution in [3.63, 3.8) is 0 Å². The predicted octanol–water partition coefficient (Wildman–Crippen LogP) is 0.870. The molecule has 4 nitrogen and oxygen atoms in total. The Morgan fingerprint density at radius 1 is 1.24 bits per heavy atom. The fourth-order valence-corrected chi connectivity index (χ4v) is 1.55. The van der Waals surface area contributed by atoms with Crippen LogP contribution in [-0.4, -0.2) is 24.9 Å². The zero-order valence-corrected chi connectivity index (χ0v) is 10.2. The molecule has 0 spiro atoms. The predicted molar refractivity (Wildman–Crippen MR) is 66.4 cm³/mol. The van der Waals surface area contributed by atoms with Gasteiger partial charge < -0.3 is 10.6 Å². The minimum Gasteiger partial charge on any atom is -0.340 e. The SMILES string of the molecule is CN[C@@H](Cc1ccccc1)NC(=O)CC(C)=O. The molecular formula is C13H18N2O2. The van der Waals surface area contributed by atoms with Crippen molar-refractivity contribution in [1.29, 1.82) is 0 Å². The number of likely N-dealkylation sites (N-methyl/N-ethyl adjacent to an activating group) is 1. The summed E-state index contributed by atoms with van der Waals surface area (Å²) >= 11 is 0. The molecule has 1 rings (SSSR count). The molecule has 17 heavy (non-hydrogen) atoms. The molecule has 0 aliphatic carbocycles. The molecule has 1 amide bonds. The zero-order valence-electron chi connectivity index (χ0n) is 10.2. The van der Waals surface area contributed by atoms with Gasteiger partial charge in [-0.3, -0.25) is 9.59 Å². The van der Waals surface area contributed by atoms with Crippen molar-refractivity contribution < 1.29 is 9.59 Å². The average Bonchev–Trinajstić information content (AvgIpc) is 2.28. The van der Waals surface area contributed by atoms with Crippen molar-refractivity contribution >= 4 is 11.7 Å². The summed E-state index contributed by atoms with van der Waals surface area (Å²) in [6, 6.07) is 9.87. The second-order valence-electron chi connectivity index (χ2n) is 3.98. The molecule has 0 bridgehead atoms. The van der Waals surface area contributed by atoms with Crippen molar-refractivity contribution in [2.24, 2.45) is 0 Å². The van der Waals surface area contributed by atoms with Gasteiger partial charge in [-0.25, -0.2) is 0 Å². The third kappa shape index (κ3) is 5.26. The molecule has 0 heterocycles. The minimum absolute atomic E-state index is 0.0625. The number of Topliss-reactive ketones (excluding diaryl/α,β-unsaturated/α-hetero) is 1. The van der Waals surface area contributed by atoms with Crippen LogP contribution in [0.1, 0.15) is 18.9 Å². The second kappa shape index (κ2) is 6.81. The normalized spacial score (nSPS) is 11.9. The van der Waals surface area contributed by atoms with Gasteiger partial charge in [-0.15, -0.1) is 0 Å². The lowest BCUT2D eigenvalue weighted by Gasteiger charge is -2.17. The molecule has 0 unspecified atom stereocenters. The smallest absolute Gasteiger partial charge is 0.228 e. The van der Waals surface area contributed by atoms with Gasteiger partial charge >= 0.3 is 0 Å². The van der Waals surface area contributed by atoms with E-state index in [2.05, 4.69) is 10.6 Å². The van der Waals surface area contributed by atoms with E-state index in [0.29, 0.717) is 6.42 Å². The van der Waals surface area contributed by atoms with Gasteiger partial charge in [-0.1, -0.05) is 30.3 Å². The van der Waals surface area contributed by atoms with Crippen LogP contribution in [0.25, 0.3) is 0 Å². The molecule has 0 radical (unpaired) electrons. The molecule has 1 aromatic rings. The summed E-state index contributed by atoms with van der Waals surface area (Å²) in [7, 11) is 1.78. The van der Waals surface area contributed by atoms with E-state index in [1.54, 1.807) is 7.05 Å². The Labute approximate surface area is 101 Å². The van der Waals surface area contributed by atoms with E-state index >= 15 is 0 Å². The lowest BCUT2D eigenvalue weighted by molar-refractivity contribution is -0.127. The molecular weight excluding hydrogens is 216 g/mol. The number of hydrogen-bond acceptors (Lipinski definition) is 3. The highest BCUT2D eigenvalue weighted by atomic mass is 16.2. The molecule has 0 aliphatic heterocycles. The Balaban J connectivity index is 2.49. The van der Waals surface area contributed by atoms with Gasteiger partial charge in [-0.2, -0.15) is 0 Å². The number of hydrogen-bond donors (Lipinski definition) is 2. The molecule has 92 valence electrons. The van der Waals surface area contributed by atoms with E-state index in [-0.39, 0.29) is 24.3 Å². The third-order valence-corrected chi connectivity index (χ3v) is 2.38. The minimum atomic E-state index is -0.243. The van der Waals surface area contributed by atoms with Gasteiger partial charge in [0.05, 0.1) is 12.6 Å². The number of carbonyl (C=O) groups excluding carboxylic acids is 2. The van der Waals surface area contributed by atoms with Crippen LogP contribution in [0, 0.1) is 0 Å². The highest BCUT2D eigenvalue weighted by molar-refractivity contribution is 5.96. The first kappa shape index (κ1) is 13.4. The highest BCUT2D eigenvalue weighted by Crippen LogP contribution is 2.01. The standard InChI is InChI=1S/C13H18N2O2/c1-10(16)8-13(17)15-12(14-2)9-11-6-4-3-5-7-11/h3-7,12,14H,8-9H2,1-2H3,(H,15,17)/t12-/m1/s1. The molecule has 0 saturated heterocycles. The Kier molecular flexibility index (Phi) is 5.36. The number of nitrogens with one attached hydrogen (secondary N) is 2. The monoisotopic (exact) mass is 234 g/mol. The van der Waals surface area contributed by atoms with Crippen molar-refractivity contribution in [2.45, 2.75) is 25.9 Å². The van der Waals surface area contributed by atoms with E-state index in [1.807, 2.05) is 30.3 Å². The Morgan fingerprint density at radius 3 is 2.41 bits per heavy atom. The molecule has 0 fully saturated rings. The summed E-state index contributed by atoms with van der Waals surface area (Å²) in [4.78, 5) is 22.2. The van der Waals surface area contributed by atoms with Gasteiger partial charge in [0, 0.05) is 6.42 Å². The molecule has 0 aromatic heterocycles. The van der Waals surface area contributed by atoms with Gasteiger partial charge in [-0.05, 0) is 19.5 Å². The Hall–Kier alpha value is -1.68. The van der Waals surface area contributed by atoms with E-state index in [1.165, 1.54) is 6.92 Å². The molecule has 2 N–H and O–H groups in total. The lowest BCUT2D eigenvalue weighted by atomic mass is 10.1. The summed E-state index contributed by atoms with van der Waals surface area (Å²) in [5.74, 6) is -0.371. The van der Waals surface area contributed by atoms with Crippen LogP contribution < -0.4 is 10.6 Å². The summed E-state index contributed by atoms with van der Waals surface area (Å²) in [5.41, 5.74) is 1.13. The van der Waals surface area contributed by atoms with Crippen molar-refractivity contribution in [3.8, 4) is 0 Å². The quantitative estimate of drug-likeness (QED) is 0.567. The van der Waals surface area contributed by atoms with Crippen LogP contribution >= 0.6 is 0 Å². The fourth-order valence-electron chi connectivity index (χ4n) is 1.55. The largest absolute Gasteiger partial charge is 0.340 e. The third-order valence-electron chi connectivity index (χ3n) is 2.38. The topological polar surface area (TPSA) is 58.2 Å². The van der Waals surface area contributed by atoms with Crippen molar-refractivity contribution in [3.05, 3.63) is 35.9 Å². The van der Waals surface area contributed by atoms with E-state index in [9.17, 15) is 9.59 Å². The first-order valence-corrected chi connectivity index (χ1v) is 5.62. The zero-order chi connectivity index (χ0) is 12.7. The number of carbonyl (C=O) groups is 2. The lowest BCUT2D eigenvalue weighted by Crippen LogP contribution is -2.45. The van der Waals surface area contributed by atoms with Crippen LogP contribution in [-0.2, 0) is 16.0 Å². The Morgan fingerprint density at radius 2 is 1.88 bits per heavy atom. The molecule has 4 heteroatoms. The first-order chi connectivity index (χ1) is 8.11. The van der Waals surface area contributed by atoms with Gasteiger partial charge in [0.15, 0.2) is 0 Å². The molecule has 1 aromatic carbocycles. The maximum Gasteiger partial charge on any atom is 0.228 e. The molecule has 0 saturated carbocycles. The summed E-state index contributed by atoms with van der Waals surface area (Å²) in [6.07, 6.45) is 0.484. The van der Waals surface area contributed by atoms with Crippen LogP contribution in [0.2, 0.25) is 0 Å². The maximum atomic E-state index is 11.4. The van der Waals surface area contributed by atoms with Crippen LogP contribution in [0.5, 0.6) is 0 Å². The van der Waals surface area contributed by atoms with E-state index in [0.717, 1.165) is 5.56 Å².